The van der Waals surface area contributed by atoms with Crippen molar-refractivity contribution in [1.29, 1.82) is 0 Å². The lowest BCUT2D eigenvalue weighted by atomic mass is 10.3. The second kappa shape index (κ2) is 4.96. The molecule has 5 heteroatoms. The first kappa shape index (κ1) is 11.8. The van der Waals surface area contributed by atoms with Gasteiger partial charge in [-0.25, -0.2) is 0 Å². The Labute approximate surface area is 89.1 Å². The highest BCUT2D eigenvalue weighted by molar-refractivity contribution is 6.30. The molecule has 1 aliphatic heterocycles. The van der Waals surface area contributed by atoms with Crippen molar-refractivity contribution in [2.75, 3.05) is 27.3 Å². The standard InChI is InChI=1S/C9H16ClNO3/c1-6(10)9(12)11-4-7(13-2)8(5-11)14-3/h6-8H,4-5H2,1-3H3/t6-,7-,8-/m1/s1. The highest BCUT2D eigenvalue weighted by Crippen LogP contribution is 2.17. The van der Waals surface area contributed by atoms with E-state index >= 15 is 0 Å². The van der Waals surface area contributed by atoms with Crippen LogP contribution in [0.5, 0.6) is 0 Å². The molecule has 0 radical (unpaired) electrons. The van der Waals surface area contributed by atoms with Crippen LogP contribution in [-0.4, -0.2) is 55.7 Å². The third-order valence-electron chi connectivity index (χ3n) is 2.47. The Morgan fingerprint density at radius 3 is 2.07 bits per heavy atom. The van der Waals surface area contributed by atoms with Gasteiger partial charge in [-0.3, -0.25) is 4.79 Å². The number of methoxy groups -OCH3 is 2. The van der Waals surface area contributed by atoms with Gasteiger partial charge in [0.05, 0.1) is 0 Å². The van der Waals surface area contributed by atoms with E-state index in [1.807, 2.05) is 0 Å². The van der Waals surface area contributed by atoms with Crippen molar-refractivity contribution >= 4 is 17.5 Å². The normalized spacial score (nSPS) is 29.3. The van der Waals surface area contributed by atoms with Crippen molar-refractivity contribution in [3.8, 4) is 0 Å². The SMILES string of the molecule is CO[C@@H]1CN(C(=O)[C@@H](C)Cl)C[C@H]1OC. The number of halogens is 1. The van der Waals surface area contributed by atoms with Gasteiger partial charge in [-0.15, -0.1) is 11.6 Å². The molecule has 1 aliphatic rings. The molecule has 82 valence electrons. The monoisotopic (exact) mass is 221 g/mol. The minimum absolute atomic E-state index is 0.0423. The van der Waals surface area contributed by atoms with Gasteiger partial charge in [0.2, 0.25) is 5.91 Å². The third kappa shape index (κ3) is 2.38. The van der Waals surface area contributed by atoms with Crippen molar-refractivity contribution in [3.05, 3.63) is 0 Å². The lowest BCUT2D eigenvalue weighted by Crippen LogP contribution is -2.34. The van der Waals surface area contributed by atoms with Crippen LogP contribution in [0.1, 0.15) is 6.92 Å². The Morgan fingerprint density at radius 2 is 1.79 bits per heavy atom. The molecule has 1 rings (SSSR count). The fourth-order valence-electron chi connectivity index (χ4n) is 1.63. The molecule has 0 aromatic rings. The van der Waals surface area contributed by atoms with Crippen LogP contribution in [0.15, 0.2) is 0 Å². The average molecular weight is 222 g/mol. The van der Waals surface area contributed by atoms with Crippen molar-refractivity contribution in [2.24, 2.45) is 0 Å². The minimum atomic E-state index is -0.483. The number of carbonyl (C=O) groups excluding carboxylic acids is 1. The zero-order valence-electron chi connectivity index (χ0n) is 8.70. The fraction of sp³-hybridized carbons (Fsp3) is 0.889. The predicted octanol–water partition coefficient (Wildman–Crippen LogP) is 0.486. The summed E-state index contributed by atoms with van der Waals surface area (Å²) in [6.45, 7) is 2.79. The fourth-order valence-corrected chi connectivity index (χ4v) is 1.77. The Bertz CT molecular complexity index is 198. The number of nitrogens with zero attached hydrogens (tertiary/aromatic N) is 1. The molecule has 1 amide bonds. The van der Waals surface area contributed by atoms with Crippen LogP contribution in [0.2, 0.25) is 0 Å². The molecule has 3 atom stereocenters. The number of hydrogen-bond donors (Lipinski definition) is 0. The minimum Gasteiger partial charge on any atom is -0.377 e. The van der Waals surface area contributed by atoms with E-state index in [1.165, 1.54) is 0 Å². The first-order chi connectivity index (χ1) is 6.60. The van der Waals surface area contributed by atoms with Crippen LogP contribution in [-0.2, 0) is 14.3 Å². The summed E-state index contributed by atoms with van der Waals surface area (Å²) in [4.78, 5) is 13.2. The van der Waals surface area contributed by atoms with Gasteiger partial charge in [0.1, 0.15) is 17.6 Å². The Balaban J connectivity index is 2.57. The van der Waals surface area contributed by atoms with Gasteiger partial charge in [-0.05, 0) is 6.92 Å². The smallest absolute Gasteiger partial charge is 0.240 e. The van der Waals surface area contributed by atoms with Crippen LogP contribution in [0, 0.1) is 0 Å². The van der Waals surface area contributed by atoms with E-state index in [1.54, 1.807) is 26.0 Å². The van der Waals surface area contributed by atoms with E-state index in [-0.39, 0.29) is 18.1 Å². The molecule has 0 aromatic heterocycles. The molecule has 0 aromatic carbocycles. The molecule has 0 N–H and O–H groups in total. The molecule has 0 aliphatic carbocycles. The maximum absolute atomic E-state index is 11.6. The van der Waals surface area contributed by atoms with E-state index in [0.717, 1.165) is 0 Å². The van der Waals surface area contributed by atoms with Crippen LogP contribution in [0.4, 0.5) is 0 Å². The van der Waals surface area contributed by atoms with E-state index in [9.17, 15) is 4.79 Å². The third-order valence-corrected chi connectivity index (χ3v) is 2.66. The molecule has 14 heavy (non-hydrogen) atoms. The van der Waals surface area contributed by atoms with Gasteiger partial charge < -0.3 is 14.4 Å². The molecule has 0 spiro atoms. The molecule has 0 bridgehead atoms. The van der Waals surface area contributed by atoms with E-state index < -0.39 is 5.38 Å². The number of likely N-dealkylation sites (tertiary alicyclic amines) is 1. The number of amides is 1. The Hall–Kier alpha value is -0.320. The van der Waals surface area contributed by atoms with Gasteiger partial charge in [0.25, 0.3) is 0 Å². The van der Waals surface area contributed by atoms with Gasteiger partial charge >= 0.3 is 0 Å². The second-order valence-electron chi connectivity index (χ2n) is 3.41. The number of hydrogen-bond acceptors (Lipinski definition) is 3. The molecule has 1 heterocycles. The van der Waals surface area contributed by atoms with Crippen LogP contribution < -0.4 is 0 Å². The average Bonchev–Trinajstić information content (AvgIpc) is 2.59. The summed E-state index contributed by atoms with van der Waals surface area (Å²) in [5.41, 5.74) is 0. The summed E-state index contributed by atoms with van der Waals surface area (Å²) in [6, 6.07) is 0. The van der Waals surface area contributed by atoms with Crippen molar-refractivity contribution in [1.82, 2.24) is 4.90 Å². The largest absolute Gasteiger partial charge is 0.377 e. The van der Waals surface area contributed by atoms with Crippen LogP contribution in [0.3, 0.4) is 0 Å². The molecule has 1 saturated heterocycles. The van der Waals surface area contributed by atoms with Gasteiger partial charge in [0, 0.05) is 27.3 Å². The van der Waals surface area contributed by atoms with E-state index in [2.05, 4.69) is 0 Å². The van der Waals surface area contributed by atoms with Gasteiger partial charge in [-0.2, -0.15) is 0 Å². The first-order valence-corrected chi connectivity index (χ1v) is 5.02. The lowest BCUT2D eigenvalue weighted by Gasteiger charge is -2.16. The summed E-state index contributed by atoms with van der Waals surface area (Å²) in [5, 5.41) is -0.483. The maximum Gasteiger partial charge on any atom is 0.240 e. The second-order valence-corrected chi connectivity index (χ2v) is 4.06. The Kier molecular flexibility index (Phi) is 4.16. The molecule has 0 saturated carbocycles. The molecular weight excluding hydrogens is 206 g/mol. The molecule has 0 unspecified atom stereocenters. The molecule has 4 nitrogen and oxygen atoms in total. The van der Waals surface area contributed by atoms with Crippen molar-refractivity contribution in [3.63, 3.8) is 0 Å². The van der Waals surface area contributed by atoms with E-state index in [0.29, 0.717) is 13.1 Å². The quantitative estimate of drug-likeness (QED) is 0.651. The number of alkyl halides is 1. The van der Waals surface area contributed by atoms with Gasteiger partial charge in [0.15, 0.2) is 0 Å². The first-order valence-electron chi connectivity index (χ1n) is 4.58. The summed E-state index contributed by atoms with van der Waals surface area (Å²) >= 11 is 5.72. The summed E-state index contributed by atoms with van der Waals surface area (Å²) in [6.07, 6.45) is -0.0845. The van der Waals surface area contributed by atoms with Crippen molar-refractivity contribution < 1.29 is 14.3 Å². The zero-order valence-corrected chi connectivity index (χ0v) is 9.45. The maximum atomic E-state index is 11.6. The highest BCUT2D eigenvalue weighted by Gasteiger charge is 2.36. The summed E-state index contributed by atoms with van der Waals surface area (Å²) in [7, 11) is 3.24. The predicted molar refractivity (Wildman–Crippen MR) is 53.5 cm³/mol. The van der Waals surface area contributed by atoms with E-state index in [4.69, 9.17) is 21.1 Å². The highest BCUT2D eigenvalue weighted by atomic mass is 35.5. The summed E-state index contributed by atoms with van der Waals surface area (Å²) < 4.78 is 10.4. The van der Waals surface area contributed by atoms with Crippen LogP contribution >= 0.6 is 11.6 Å². The van der Waals surface area contributed by atoms with Crippen molar-refractivity contribution in [2.45, 2.75) is 24.5 Å². The topological polar surface area (TPSA) is 38.8 Å². The lowest BCUT2D eigenvalue weighted by molar-refractivity contribution is -0.130. The summed E-state index contributed by atoms with van der Waals surface area (Å²) in [5.74, 6) is -0.0618. The van der Waals surface area contributed by atoms with Crippen LogP contribution in [0.25, 0.3) is 0 Å². The number of carbonyl (C=O) groups is 1. The number of ether oxygens (including phenoxy) is 2. The zero-order chi connectivity index (χ0) is 10.7. The molecular formula is C9H16ClNO3. The molecule has 1 fully saturated rings. The van der Waals surface area contributed by atoms with Gasteiger partial charge in [-0.1, -0.05) is 0 Å². The Morgan fingerprint density at radius 1 is 1.36 bits per heavy atom. The number of rotatable bonds is 3.